The Morgan fingerprint density at radius 3 is 2.52 bits per heavy atom. The maximum atomic E-state index is 12.7. The van der Waals surface area contributed by atoms with Gasteiger partial charge in [0.05, 0.1) is 12.7 Å². The smallest absolute Gasteiger partial charge is 0.228 e. The topological polar surface area (TPSA) is 78.6 Å². The fourth-order valence-corrected chi connectivity index (χ4v) is 4.03. The lowest BCUT2D eigenvalue weighted by Crippen LogP contribution is -2.22. The van der Waals surface area contributed by atoms with Crippen LogP contribution in [0.4, 0.5) is 0 Å². The van der Waals surface area contributed by atoms with E-state index in [4.69, 9.17) is 14.5 Å². The van der Waals surface area contributed by atoms with E-state index in [0.717, 1.165) is 22.4 Å². The van der Waals surface area contributed by atoms with Crippen LogP contribution in [-0.2, 0) is 4.79 Å². The summed E-state index contributed by atoms with van der Waals surface area (Å²) in [6, 6.07) is 17.4. The second-order valence-electron chi connectivity index (χ2n) is 7.37. The Morgan fingerprint density at radius 1 is 1.10 bits per heavy atom. The monoisotopic (exact) mass is 412 g/mol. The van der Waals surface area contributed by atoms with Gasteiger partial charge in [0.2, 0.25) is 5.88 Å². The van der Waals surface area contributed by atoms with Gasteiger partial charge < -0.3 is 9.47 Å². The van der Waals surface area contributed by atoms with E-state index in [1.165, 1.54) is 0 Å². The molecule has 0 bridgehead atoms. The van der Waals surface area contributed by atoms with E-state index in [1.54, 1.807) is 31.8 Å². The Kier molecular flexibility index (Phi) is 4.51. The lowest BCUT2D eigenvalue weighted by atomic mass is 9.82. The number of carbonyl (C=O) groups is 1. The average molecular weight is 412 g/mol. The van der Waals surface area contributed by atoms with Gasteiger partial charge >= 0.3 is 0 Å². The molecule has 0 fully saturated rings. The number of aromatic nitrogens is 4. The van der Waals surface area contributed by atoms with Crippen molar-refractivity contribution in [2.75, 3.05) is 7.11 Å². The molecule has 0 unspecified atom stereocenters. The summed E-state index contributed by atoms with van der Waals surface area (Å²) >= 11 is 0. The zero-order chi connectivity index (χ0) is 21.5. The van der Waals surface area contributed by atoms with Crippen molar-refractivity contribution in [3.63, 3.8) is 0 Å². The van der Waals surface area contributed by atoms with Gasteiger partial charge in [-0.05, 0) is 31.5 Å². The summed E-state index contributed by atoms with van der Waals surface area (Å²) in [5, 5.41) is 4.60. The molecule has 0 amide bonds. The number of rotatable bonds is 4. The Balaban J connectivity index is 1.76. The third kappa shape index (κ3) is 3.15. The van der Waals surface area contributed by atoms with E-state index < -0.39 is 0 Å². The molecule has 1 atom stereocenters. The molecule has 2 aromatic heterocycles. The van der Waals surface area contributed by atoms with Crippen molar-refractivity contribution < 1.29 is 14.3 Å². The fourth-order valence-electron chi connectivity index (χ4n) is 4.03. The van der Waals surface area contributed by atoms with E-state index in [0.29, 0.717) is 28.7 Å². The predicted octanol–water partition coefficient (Wildman–Crippen LogP) is 4.19. The lowest BCUT2D eigenvalue weighted by Gasteiger charge is -2.28. The van der Waals surface area contributed by atoms with Gasteiger partial charge in [-0.25, -0.2) is 14.5 Å². The molecule has 1 aliphatic rings. The summed E-state index contributed by atoms with van der Waals surface area (Å²) in [6.07, 6.45) is 1.59. The minimum Gasteiger partial charge on any atom is -0.497 e. The van der Waals surface area contributed by atoms with Crippen LogP contribution in [0.1, 0.15) is 30.9 Å². The Hall–Kier alpha value is -4.00. The quantitative estimate of drug-likeness (QED) is 0.500. The molecule has 154 valence electrons. The Bertz CT molecular complexity index is 1320. The average Bonchev–Trinajstić information content (AvgIpc) is 3.23. The molecular weight excluding hydrogens is 392 g/mol. The van der Waals surface area contributed by atoms with Gasteiger partial charge in [0.1, 0.15) is 17.8 Å². The van der Waals surface area contributed by atoms with Crippen LogP contribution in [0.15, 0.2) is 72.3 Å². The summed E-state index contributed by atoms with van der Waals surface area (Å²) in [5.74, 6) is 1.86. The van der Waals surface area contributed by atoms with Crippen molar-refractivity contribution in [3.8, 4) is 23.0 Å². The summed E-state index contributed by atoms with van der Waals surface area (Å²) in [5.41, 5.74) is 3.73. The maximum absolute atomic E-state index is 12.7. The van der Waals surface area contributed by atoms with Crippen LogP contribution >= 0.6 is 0 Å². The minimum absolute atomic E-state index is 0.0613. The second-order valence-corrected chi connectivity index (χ2v) is 7.37. The number of allylic oxidation sites excluding steroid dienone is 2. The van der Waals surface area contributed by atoms with Crippen LogP contribution in [0.3, 0.4) is 0 Å². The Morgan fingerprint density at radius 2 is 1.84 bits per heavy atom. The highest BCUT2D eigenvalue weighted by molar-refractivity contribution is 5.97. The molecule has 0 N–H and O–H groups in total. The van der Waals surface area contributed by atoms with Gasteiger partial charge in [0.25, 0.3) is 0 Å². The molecule has 0 aliphatic carbocycles. The number of carbonyl (C=O) groups excluding carboxylic acids is 1. The molecule has 7 nitrogen and oxygen atoms in total. The molecule has 0 spiro atoms. The highest BCUT2D eigenvalue weighted by Crippen LogP contribution is 2.44. The fraction of sp³-hybridized carbons (Fsp3) is 0.167. The summed E-state index contributed by atoms with van der Waals surface area (Å²) in [6.45, 7) is 3.35. The molecule has 3 heterocycles. The standard InChI is InChI=1S/C24H20N4O3/c1-14(29)19-15(2)31-24-21(20(19)16-9-11-18(30-3)12-10-16)23-26-22(27-28(23)13-25-24)17-7-5-4-6-8-17/h4-13,20H,1-3H3/t20-/m1/s1. The van der Waals surface area contributed by atoms with E-state index in [2.05, 4.69) is 10.1 Å². The third-order valence-electron chi connectivity index (χ3n) is 5.45. The second kappa shape index (κ2) is 7.36. The predicted molar refractivity (Wildman–Crippen MR) is 115 cm³/mol. The van der Waals surface area contributed by atoms with Crippen LogP contribution in [0.2, 0.25) is 0 Å². The molecule has 0 saturated carbocycles. The molecule has 2 aromatic carbocycles. The SMILES string of the molecule is COc1ccc([C@@H]2C(C(C)=O)=C(C)Oc3ncn4nc(-c5ccccc5)nc4c32)cc1. The molecule has 0 saturated heterocycles. The van der Waals surface area contributed by atoms with Crippen molar-refractivity contribution in [1.82, 2.24) is 19.6 Å². The summed E-state index contributed by atoms with van der Waals surface area (Å²) < 4.78 is 12.9. The van der Waals surface area contributed by atoms with E-state index in [9.17, 15) is 4.79 Å². The van der Waals surface area contributed by atoms with E-state index >= 15 is 0 Å². The minimum atomic E-state index is -0.379. The molecule has 7 heteroatoms. The third-order valence-corrected chi connectivity index (χ3v) is 5.45. The van der Waals surface area contributed by atoms with Crippen molar-refractivity contribution in [3.05, 3.63) is 83.4 Å². The number of hydrogen-bond donors (Lipinski definition) is 0. The van der Waals surface area contributed by atoms with Crippen LogP contribution in [0, 0.1) is 0 Å². The summed E-state index contributed by atoms with van der Waals surface area (Å²) in [7, 11) is 1.62. The largest absolute Gasteiger partial charge is 0.497 e. The van der Waals surface area contributed by atoms with Crippen molar-refractivity contribution in [2.24, 2.45) is 0 Å². The number of nitrogens with zero attached hydrogens (tertiary/aromatic N) is 4. The first-order valence-electron chi connectivity index (χ1n) is 9.91. The highest BCUT2D eigenvalue weighted by atomic mass is 16.5. The first-order valence-corrected chi connectivity index (χ1v) is 9.91. The number of hydrogen-bond acceptors (Lipinski definition) is 6. The van der Waals surface area contributed by atoms with Gasteiger partial charge in [-0.15, -0.1) is 5.10 Å². The van der Waals surface area contributed by atoms with E-state index in [-0.39, 0.29) is 11.7 Å². The lowest BCUT2D eigenvalue weighted by molar-refractivity contribution is -0.114. The molecule has 0 radical (unpaired) electrons. The van der Waals surface area contributed by atoms with Crippen molar-refractivity contribution in [2.45, 2.75) is 19.8 Å². The Labute approximate surface area is 179 Å². The first kappa shape index (κ1) is 19.0. The van der Waals surface area contributed by atoms with Crippen LogP contribution in [0.25, 0.3) is 17.0 Å². The van der Waals surface area contributed by atoms with Crippen molar-refractivity contribution >= 4 is 11.4 Å². The molecule has 31 heavy (non-hydrogen) atoms. The number of methoxy groups -OCH3 is 1. The zero-order valence-corrected chi connectivity index (χ0v) is 17.4. The molecule has 1 aliphatic heterocycles. The first-order chi connectivity index (χ1) is 15.1. The number of fused-ring (bicyclic) bond motifs is 3. The van der Waals surface area contributed by atoms with Gasteiger partial charge in [-0.2, -0.15) is 0 Å². The molecule has 5 rings (SSSR count). The van der Waals surface area contributed by atoms with Gasteiger partial charge in [0, 0.05) is 17.1 Å². The van der Waals surface area contributed by atoms with Gasteiger partial charge in [-0.3, -0.25) is 4.79 Å². The molecule has 4 aromatic rings. The van der Waals surface area contributed by atoms with Gasteiger partial charge in [0.15, 0.2) is 17.3 Å². The normalized spacial score (nSPS) is 15.5. The van der Waals surface area contributed by atoms with Crippen molar-refractivity contribution in [1.29, 1.82) is 0 Å². The number of ketones is 1. The van der Waals surface area contributed by atoms with E-state index in [1.807, 2.05) is 54.6 Å². The summed E-state index contributed by atoms with van der Waals surface area (Å²) in [4.78, 5) is 21.9. The highest BCUT2D eigenvalue weighted by Gasteiger charge is 2.36. The van der Waals surface area contributed by atoms with Crippen LogP contribution in [-0.4, -0.2) is 32.5 Å². The van der Waals surface area contributed by atoms with Crippen LogP contribution < -0.4 is 9.47 Å². The number of Topliss-reactive ketones (excluding diaryl/α,β-unsaturated/α-hetero) is 1. The molecular formula is C24H20N4O3. The number of benzene rings is 2. The zero-order valence-electron chi connectivity index (χ0n) is 17.4. The van der Waals surface area contributed by atoms with Crippen LogP contribution in [0.5, 0.6) is 11.6 Å². The maximum Gasteiger partial charge on any atom is 0.228 e. The number of ether oxygens (including phenoxy) is 2. The van der Waals surface area contributed by atoms with Gasteiger partial charge in [-0.1, -0.05) is 42.5 Å².